The number of carbonyl (C=O) groups is 2. The van der Waals surface area contributed by atoms with Crippen molar-refractivity contribution in [3.8, 4) is 0 Å². The molecule has 0 aliphatic heterocycles. The van der Waals surface area contributed by atoms with Gasteiger partial charge in [0.15, 0.2) is 16.1 Å². The summed E-state index contributed by atoms with van der Waals surface area (Å²) in [6.07, 6.45) is 3.35. The molecule has 1 aromatic carbocycles. The zero-order chi connectivity index (χ0) is 20.6. The van der Waals surface area contributed by atoms with Gasteiger partial charge in [0.1, 0.15) is 0 Å². The number of aromatic nitrogens is 4. The van der Waals surface area contributed by atoms with Crippen molar-refractivity contribution in [1.82, 2.24) is 25.1 Å². The van der Waals surface area contributed by atoms with Gasteiger partial charge < -0.3 is 15.2 Å². The summed E-state index contributed by atoms with van der Waals surface area (Å²) >= 11 is 2.62. The molecule has 150 valence electrons. The SMILES string of the molecule is C=CCn1c(SCC(=O)Nc2nccs2)nnc1[C@H](C)NC(=O)c1ccccc1. The third kappa shape index (κ3) is 5.52. The van der Waals surface area contributed by atoms with E-state index in [1.807, 2.05) is 29.7 Å². The highest BCUT2D eigenvalue weighted by Gasteiger charge is 2.20. The van der Waals surface area contributed by atoms with E-state index in [0.29, 0.717) is 28.2 Å². The largest absolute Gasteiger partial charge is 0.342 e. The second kappa shape index (κ2) is 9.99. The Morgan fingerprint density at radius 3 is 2.79 bits per heavy atom. The molecular formula is C19H20N6O2S2. The summed E-state index contributed by atoms with van der Waals surface area (Å²) < 4.78 is 1.84. The van der Waals surface area contributed by atoms with Crippen LogP contribution >= 0.6 is 23.1 Å². The van der Waals surface area contributed by atoms with E-state index in [1.54, 1.807) is 29.8 Å². The van der Waals surface area contributed by atoms with Gasteiger partial charge in [-0.25, -0.2) is 4.98 Å². The van der Waals surface area contributed by atoms with Crippen LogP contribution in [-0.4, -0.2) is 37.3 Å². The predicted molar refractivity (Wildman–Crippen MR) is 114 cm³/mol. The number of thioether (sulfide) groups is 1. The molecule has 3 aromatic rings. The highest BCUT2D eigenvalue weighted by molar-refractivity contribution is 7.99. The molecule has 0 spiro atoms. The van der Waals surface area contributed by atoms with Crippen LogP contribution in [0.25, 0.3) is 0 Å². The van der Waals surface area contributed by atoms with Gasteiger partial charge in [-0.05, 0) is 19.1 Å². The van der Waals surface area contributed by atoms with E-state index < -0.39 is 0 Å². The minimum absolute atomic E-state index is 0.166. The van der Waals surface area contributed by atoms with Crippen LogP contribution in [0.15, 0.2) is 59.7 Å². The monoisotopic (exact) mass is 428 g/mol. The van der Waals surface area contributed by atoms with Gasteiger partial charge in [-0.15, -0.1) is 28.1 Å². The first-order valence-electron chi connectivity index (χ1n) is 8.80. The third-order valence-electron chi connectivity index (χ3n) is 3.84. The Balaban J connectivity index is 1.66. The zero-order valence-electron chi connectivity index (χ0n) is 15.7. The Morgan fingerprint density at radius 2 is 2.10 bits per heavy atom. The third-order valence-corrected chi connectivity index (χ3v) is 5.49. The Hall–Kier alpha value is -2.98. The van der Waals surface area contributed by atoms with Crippen LogP contribution < -0.4 is 10.6 Å². The smallest absolute Gasteiger partial charge is 0.251 e. The second-order valence-corrected chi connectivity index (χ2v) is 7.81. The number of allylic oxidation sites excluding steroid dienone is 1. The maximum absolute atomic E-state index is 12.4. The second-order valence-electron chi connectivity index (χ2n) is 5.98. The Morgan fingerprint density at radius 1 is 1.31 bits per heavy atom. The van der Waals surface area contributed by atoms with Crippen LogP contribution in [0, 0.1) is 0 Å². The highest BCUT2D eigenvalue weighted by atomic mass is 32.2. The average molecular weight is 429 g/mol. The molecular weight excluding hydrogens is 408 g/mol. The number of rotatable bonds is 9. The van der Waals surface area contributed by atoms with Gasteiger partial charge in [0.2, 0.25) is 5.91 Å². The number of hydrogen-bond donors (Lipinski definition) is 2. The van der Waals surface area contributed by atoms with Crippen molar-refractivity contribution in [3.05, 3.63) is 66.0 Å². The Labute approximate surface area is 176 Å². The van der Waals surface area contributed by atoms with Crippen molar-refractivity contribution in [2.75, 3.05) is 11.1 Å². The fourth-order valence-electron chi connectivity index (χ4n) is 2.53. The van der Waals surface area contributed by atoms with E-state index in [-0.39, 0.29) is 23.6 Å². The molecule has 0 aliphatic carbocycles. The van der Waals surface area contributed by atoms with Crippen molar-refractivity contribution in [3.63, 3.8) is 0 Å². The van der Waals surface area contributed by atoms with E-state index in [2.05, 4.69) is 32.4 Å². The van der Waals surface area contributed by atoms with Gasteiger partial charge in [0.05, 0.1) is 11.8 Å². The summed E-state index contributed by atoms with van der Waals surface area (Å²) in [5, 5.41) is 17.0. The molecule has 0 radical (unpaired) electrons. The van der Waals surface area contributed by atoms with Crippen LogP contribution in [0.5, 0.6) is 0 Å². The van der Waals surface area contributed by atoms with Gasteiger partial charge in [-0.2, -0.15) is 0 Å². The van der Waals surface area contributed by atoms with Crippen molar-refractivity contribution in [1.29, 1.82) is 0 Å². The van der Waals surface area contributed by atoms with Crippen LogP contribution in [0.2, 0.25) is 0 Å². The molecule has 2 N–H and O–H groups in total. The Bertz CT molecular complexity index is 972. The summed E-state index contributed by atoms with van der Waals surface area (Å²) in [7, 11) is 0. The maximum atomic E-state index is 12.4. The molecule has 10 heteroatoms. The first-order chi connectivity index (χ1) is 14.1. The van der Waals surface area contributed by atoms with E-state index in [0.717, 1.165) is 0 Å². The molecule has 0 saturated heterocycles. The molecule has 3 rings (SSSR count). The van der Waals surface area contributed by atoms with Crippen molar-refractivity contribution in [2.45, 2.75) is 24.7 Å². The number of amides is 2. The van der Waals surface area contributed by atoms with Crippen molar-refractivity contribution >= 4 is 40.0 Å². The minimum Gasteiger partial charge on any atom is -0.342 e. The van der Waals surface area contributed by atoms with Gasteiger partial charge in [-0.1, -0.05) is 36.0 Å². The molecule has 2 heterocycles. The van der Waals surface area contributed by atoms with Gasteiger partial charge in [-0.3, -0.25) is 9.59 Å². The lowest BCUT2D eigenvalue weighted by molar-refractivity contribution is -0.113. The normalized spacial score (nSPS) is 11.6. The molecule has 2 amide bonds. The molecule has 0 saturated carbocycles. The molecule has 2 aromatic heterocycles. The summed E-state index contributed by atoms with van der Waals surface area (Å²) in [4.78, 5) is 28.5. The molecule has 0 unspecified atom stereocenters. The molecule has 0 fully saturated rings. The molecule has 0 bridgehead atoms. The molecule has 0 aliphatic rings. The van der Waals surface area contributed by atoms with Gasteiger partial charge in [0.25, 0.3) is 5.91 Å². The molecule has 29 heavy (non-hydrogen) atoms. The van der Waals surface area contributed by atoms with E-state index in [4.69, 9.17) is 0 Å². The predicted octanol–water partition coefficient (Wildman–Crippen LogP) is 3.14. The number of benzene rings is 1. The molecule has 1 atom stereocenters. The van der Waals surface area contributed by atoms with E-state index in [1.165, 1.54) is 23.1 Å². The fraction of sp³-hybridized carbons (Fsp3) is 0.211. The lowest BCUT2D eigenvalue weighted by Gasteiger charge is -2.15. The number of nitrogens with zero attached hydrogens (tertiary/aromatic N) is 4. The van der Waals surface area contributed by atoms with Crippen LogP contribution in [0.3, 0.4) is 0 Å². The number of thiazole rings is 1. The first-order valence-corrected chi connectivity index (χ1v) is 10.7. The topological polar surface area (TPSA) is 102 Å². The lowest BCUT2D eigenvalue weighted by Crippen LogP contribution is -2.28. The fourth-order valence-corrected chi connectivity index (χ4v) is 3.83. The van der Waals surface area contributed by atoms with Crippen molar-refractivity contribution in [2.24, 2.45) is 0 Å². The lowest BCUT2D eigenvalue weighted by atomic mass is 10.2. The van der Waals surface area contributed by atoms with Crippen molar-refractivity contribution < 1.29 is 9.59 Å². The zero-order valence-corrected chi connectivity index (χ0v) is 17.4. The summed E-state index contributed by atoms with van der Waals surface area (Å²) in [6.45, 7) is 6.08. The standard InChI is InChI=1S/C19H20N6O2S2/c1-3-10-25-16(13(2)21-17(27)14-7-5-4-6-8-14)23-24-19(25)29-12-15(26)22-18-20-9-11-28-18/h3-9,11,13H,1,10,12H2,2H3,(H,21,27)(H,20,22,26)/t13-/m0/s1. The number of carbonyl (C=O) groups excluding carboxylic acids is 2. The highest BCUT2D eigenvalue weighted by Crippen LogP contribution is 2.21. The van der Waals surface area contributed by atoms with Crippen LogP contribution in [0.1, 0.15) is 29.1 Å². The summed E-state index contributed by atoms with van der Waals surface area (Å²) in [5.41, 5.74) is 0.572. The van der Waals surface area contributed by atoms with Crippen LogP contribution in [0.4, 0.5) is 5.13 Å². The maximum Gasteiger partial charge on any atom is 0.251 e. The number of hydrogen-bond acceptors (Lipinski definition) is 7. The summed E-state index contributed by atoms with van der Waals surface area (Å²) in [6, 6.07) is 8.61. The number of anilines is 1. The van der Waals surface area contributed by atoms with Crippen LogP contribution in [-0.2, 0) is 11.3 Å². The number of nitrogens with one attached hydrogen (secondary N) is 2. The van der Waals surface area contributed by atoms with Gasteiger partial charge in [0, 0.05) is 23.7 Å². The van der Waals surface area contributed by atoms with E-state index in [9.17, 15) is 9.59 Å². The average Bonchev–Trinajstić information content (AvgIpc) is 3.37. The van der Waals surface area contributed by atoms with E-state index >= 15 is 0 Å². The minimum atomic E-state index is -0.367. The Kier molecular flexibility index (Phi) is 7.14. The first kappa shape index (κ1) is 20.7. The quantitative estimate of drug-likeness (QED) is 0.401. The van der Waals surface area contributed by atoms with Gasteiger partial charge >= 0.3 is 0 Å². The molecule has 8 nitrogen and oxygen atoms in total. The summed E-state index contributed by atoms with van der Waals surface area (Å²) in [5.74, 6) is 0.393.